The molecule has 8 nitrogen and oxygen atoms in total. The van der Waals surface area contributed by atoms with Crippen molar-refractivity contribution in [3.05, 3.63) is 27.4 Å². The normalized spacial score (nSPS) is 19.8. The number of aromatic nitrogens is 2. The van der Waals surface area contributed by atoms with Crippen LogP contribution in [0.15, 0.2) is 15.7 Å². The molecule has 3 aliphatic rings. The number of carbonyl (C=O) groups is 2. The summed E-state index contributed by atoms with van der Waals surface area (Å²) < 4.78 is 44.2. The first-order valence-electron chi connectivity index (χ1n) is 11.0. The van der Waals surface area contributed by atoms with E-state index in [0.29, 0.717) is 33.4 Å². The number of esters is 1. The SMILES string of the molecule is CCOC(=O)C1=C(C(=O)Nc2sc3c(c2-c2nc(C4CC4)no2)CCC(F)(F)C3)COCC1. The molecule has 1 fully saturated rings. The van der Waals surface area contributed by atoms with Crippen molar-refractivity contribution in [3.63, 3.8) is 0 Å². The van der Waals surface area contributed by atoms with E-state index in [1.54, 1.807) is 6.92 Å². The maximum atomic E-state index is 14.1. The highest BCUT2D eigenvalue weighted by Crippen LogP contribution is 2.48. The summed E-state index contributed by atoms with van der Waals surface area (Å²) in [5, 5.41) is 7.21. The number of rotatable bonds is 6. The van der Waals surface area contributed by atoms with E-state index in [0.717, 1.165) is 24.2 Å². The number of hydrogen-bond acceptors (Lipinski definition) is 8. The quantitative estimate of drug-likeness (QED) is 0.624. The van der Waals surface area contributed by atoms with Gasteiger partial charge in [0.25, 0.3) is 17.7 Å². The average molecular weight is 480 g/mol. The highest BCUT2D eigenvalue weighted by atomic mass is 32.1. The minimum Gasteiger partial charge on any atom is -0.463 e. The summed E-state index contributed by atoms with van der Waals surface area (Å²) in [6, 6.07) is 0. The zero-order valence-electron chi connectivity index (χ0n) is 18.0. The van der Waals surface area contributed by atoms with E-state index in [2.05, 4.69) is 15.5 Å². The van der Waals surface area contributed by atoms with Gasteiger partial charge in [0.15, 0.2) is 5.82 Å². The van der Waals surface area contributed by atoms with Crippen LogP contribution in [-0.2, 0) is 31.9 Å². The summed E-state index contributed by atoms with van der Waals surface area (Å²) >= 11 is 1.09. The zero-order valence-corrected chi connectivity index (χ0v) is 18.9. The van der Waals surface area contributed by atoms with Crippen LogP contribution in [0.4, 0.5) is 13.8 Å². The predicted octanol–water partition coefficient (Wildman–Crippen LogP) is 4.02. The van der Waals surface area contributed by atoms with Gasteiger partial charge >= 0.3 is 5.97 Å². The predicted molar refractivity (Wildman–Crippen MR) is 114 cm³/mol. The topological polar surface area (TPSA) is 104 Å². The molecule has 0 radical (unpaired) electrons. The van der Waals surface area contributed by atoms with E-state index in [9.17, 15) is 18.4 Å². The second kappa shape index (κ2) is 8.60. The monoisotopic (exact) mass is 479 g/mol. The number of nitrogens with one attached hydrogen (secondary N) is 1. The third-order valence-electron chi connectivity index (χ3n) is 5.98. The molecule has 1 N–H and O–H groups in total. The van der Waals surface area contributed by atoms with Crippen LogP contribution < -0.4 is 5.32 Å². The van der Waals surface area contributed by atoms with Crippen LogP contribution in [0.3, 0.4) is 0 Å². The summed E-state index contributed by atoms with van der Waals surface area (Å²) in [5.41, 5.74) is 1.63. The van der Waals surface area contributed by atoms with Gasteiger partial charge in [0.05, 0.1) is 36.5 Å². The van der Waals surface area contributed by atoms with Crippen molar-refractivity contribution in [3.8, 4) is 11.5 Å². The molecule has 1 aliphatic heterocycles. The van der Waals surface area contributed by atoms with Gasteiger partial charge in [-0.25, -0.2) is 13.6 Å². The molecular formula is C22H23F2N3O5S. The Bertz CT molecular complexity index is 1140. The van der Waals surface area contributed by atoms with Gasteiger partial charge in [-0.3, -0.25) is 4.79 Å². The van der Waals surface area contributed by atoms with Gasteiger partial charge in [-0.1, -0.05) is 5.16 Å². The van der Waals surface area contributed by atoms with Crippen LogP contribution in [0.1, 0.15) is 54.8 Å². The Morgan fingerprint density at radius 2 is 2.09 bits per heavy atom. The summed E-state index contributed by atoms with van der Waals surface area (Å²) in [4.78, 5) is 30.5. The minimum atomic E-state index is -2.80. The standard InChI is InChI=1S/C22H23F2N3O5S/c1-2-31-21(29)12-6-8-30-10-14(12)18(28)26-20-16(19-25-17(27-32-19)11-3-4-11)13-5-7-22(23,24)9-15(13)33-20/h11H,2-10H2,1H3,(H,26,28). The minimum absolute atomic E-state index is 0.0368. The van der Waals surface area contributed by atoms with Gasteiger partial charge in [-0.05, 0) is 31.7 Å². The third kappa shape index (κ3) is 4.43. The van der Waals surface area contributed by atoms with Crippen molar-refractivity contribution in [1.29, 1.82) is 0 Å². The van der Waals surface area contributed by atoms with Gasteiger partial charge in [0.2, 0.25) is 0 Å². The number of carbonyl (C=O) groups excluding carboxylic acids is 2. The molecule has 3 heterocycles. The first kappa shape index (κ1) is 22.1. The average Bonchev–Trinajstić information content (AvgIpc) is 3.42. The van der Waals surface area contributed by atoms with Crippen molar-refractivity contribution >= 4 is 28.2 Å². The van der Waals surface area contributed by atoms with Crippen molar-refractivity contribution in [2.75, 3.05) is 25.1 Å². The maximum absolute atomic E-state index is 14.1. The van der Waals surface area contributed by atoms with Crippen molar-refractivity contribution in [2.45, 2.75) is 57.3 Å². The van der Waals surface area contributed by atoms with Crippen LogP contribution in [0, 0.1) is 0 Å². The molecule has 0 atom stereocenters. The highest BCUT2D eigenvalue weighted by molar-refractivity contribution is 7.17. The smallest absolute Gasteiger partial charge is 0.334 e. The number of amides is 1. The Kier molecular flexibility index (Phi) is 5.77. The van der Waals surface area contributed by atoms with Crippen LogP contribution in [0.25, 0.3) is 11.5 Å². The molecule has 1 saturated carbocycles. The van der Waals surface area contributed by atoms with Crippen LogP contribution in [0.5, 0.6) is 0 Å². The van der Waals surface area contributed by atoms with E-state index in [1.807, 2.05) is 0 Å². The molecule has 0 unspecified atom stereocenters. The molecule has 5 rings (SSSR count). The van der Waals surface area contributed by atoms with Crippen molar-refractivity contribution in [2.24, 2.45) is 0 Å². The molecule has 0 aromatic carbocycles. The van der Waals surface area contributed by atoms with E-state index in [-0.39, 0.29) is 55.4 Å². The maximum Gasteiger partial charge on any atom is 0.334 e. The molecule has 0 spiro atoms. The lowest BCUT2D eigenvalue weighted by atomic mass is 9.92. The summed E-state index contributed by atoms with van der Waals surface area (Å²) in [5.74, 6) is -2.82. The first-order chi connectivity index (χ1) is 15.9. The van der Waals surface area contributed by atoms with Crippen molar-refractivity contribution < 1.29 is 32.4 Å². The fourth-order valence-corrected chi connectivity index (χ4v) is 5.43. The lowest BCUT2D eigenvalue weighted by molar-refractivity contribution is -0.139. The van der Waals surface area contributed by atoms with E-state index < -0.39 is 24.2 Å². The second-order valence-corrected chi connectivity index (χ2v) is 9.51. The van der Waals surface area contributed by atoms with Crippen LogP contribution in [-0.4, -0.2) is 47.8 Å². The molecule has 2 aromatic rings. The number of ether oxygens (including phenoxy) is 2. The number of halogens is 2. The second-order valence-electron chi connectivity index (χ2n) is 8.41. The first-order valence-corrected chi connectivity index (χ1v) is 11.8. The third-order valence-corrected chi connectivity index (χ3v) is 7.13. The molecule has 1 amide bonds. The molecule has 176 valence electrons. The van der Waals surface area contributed by atoms with Gasteiger partial charge in [0, 0.05) is 30.1 Å². The molecule has 33 heavy (non-hydrogen) atoms. The molecule has 0 saturated heterocycles. The van der Waals surface area contributed by atoms with E-state index in [4.69, 9.17) is 14.0 Å². The Morgan fingerprint density at radius 1 is 1.27 bits per heavy atom. The molecular weight excluding hydrogens is 456 g/mol. The fourth-order valence-electron chi connectivity index (χ4n) is 4.12. The summed E-state index contributed by atoms with van der Waals surface area (Å²) in [6.45, 7) is 2.15. The Morgan fingerprint density at radius 3 is 2.85 bits per heavy atom. The van der Waals surface area contributed by atoms with Gasteiger partial charge in [-0.2, -0.15) is 4.98 Å². The van der Waals surface area contributed by atoms with Gasteiger partial charge < -0.3 is 19.3 Å². The lowest BCUT2D eigenvalue weighted by Crippen LogP contribution is -2.27. The van der Waals surface area contributed by atoms with Gasteiger partial charge in [-0.15, -0.1) is 11.3 Å². The number of fused-ring (bicyclic) bond motifs is 1. The van der Waals surface area contributed by atoms with Crippen molar-refractivity contribution in [1.82, 2.24) is 10.1 Å². The summed E-state index contributed by atoms with van der Waals surface area (Å²) in [6.07, 6.45) is 1.69. The summed E-state index contributed by atoms with van der Waals surface area (Å²) in [7, 11) is 0. The lowest BCUT2D eigenvalue weighted by Gasteiger charge is -2.21. The number of nitrogens with zero attached hydrogens (tertiary/aromatic N) is 2. The largest absolute Gasteiger partial charge is 0.463 e. The van der Waals surface area contributed by atoms with E-state index >= 15 is 0 Å². The number of anilines is 1. The van der Waals surface area contributed by atoms with Crippen LogP contribution in [0.2, 0.25) is 0 Å². The Hall–Kier alpha value is -2.66. The fraction of sp³-hybridized carbons (Fsp3) is 0.545. The molecule has 0 bridgehead atoms. The number of thiophene rings is 1. The highest BCUT2D eigenvalue weighted by Gasteiger charge is 2.39. The molecule has 11 heteroatoms. The Balaban J connectivity index is 1.51. The molecule has 2 aliphatic carbocycles. The number of alkyl halides is 2. The molecule has 2 aromatic heterocycles. The zero-order chi connectivity index (χ0) is 23.2. The Labute approximate surface area is 192 Å². The number of hydrogen-bond donors (Lipinski definition) is 1. The van der Waals surface area contributed by atoms with Crippen LogP contribution >= 0.6 is 11.3 Å². The van der Waals surface area contributed by atoms with Gasteiger partial charge in [0.1, 0.15) is 5.00 Å². The van der Waals surface area contributed by atoms with E-state index in [1.165, 1.54) is 0 Å².